The van der Waals surface area contributed by atoms with Gasteiger partial charge < -0.3 is 4.52 Å². The maximum atomic E-state index is 13.1. The molecule has 0 aliphatic carbocycles. The fraction of sp³-hybridized carbons (Fsp3) is 0.0500. The second-order valence-electron chi connectivity index (χ2n) is 6.48. The maximum absolute atomic E-state index is 13.1. The van der Waals surface area contributed by atoms with Gasteiger partial charge in [-0.25, -0.2) is 13.6 Å². The number of nitrogens with zero attached hydrogens (tertiary/aromatic N) is 6. The molecule has 0 aliphatic rings. The third-order valence-corrected chi connectivity index (χ3v) is 4.74. The van der Waals surface area contributed by atoms with E-state index in [1.165, 1.54) is 27.7 Å². The van der Waals surface area contributed by atoms with E-state index in [0.717, 1.165) is 5.56 Å². The van der Waals surface area contributed by atoms with Crippen LogP contribution in [0.2, 0.25) is 5.02 Å². The first-order valence-corrected chi connectivity index (χ1v) is 9.24. The van der Waals surface area contributed by atoms with Crippen molar-refractivity contribution in [2.45, 2.75) is 6.54 Å². The fourth-order valence-corrected chi connectivity index (χ4v) is 3.10. The highest BCUT2D eigenvalue weighted by Crippen LogP contribution is 2.20. The van der Waals surface area contributed by atoms with Crippen molar-refractivity contribution in [1.82, 2.24) is 29.5 Å². The largest absolute Gasteiger partial charge is 0.337 e. The van der Waals surface area contributed by atoms with Crippen LogP contribution < -0.4 is 5.56 Å². The predicted molar refractivity (Wildman–Crippen MR) is 106 cm³/mol. The summed E-state index contributed by atoms with van der Waals surface area (Å²) in [6.45, 7) is 0.00693. The number of halogens is 2. The zero-order chi connectivity index (χ0) is 20.7. The molecule has 0 unspecified atom stereocenters. The monoisotopic (exact) mass is 422 g/mol. The van der Waals surface area contributed by atoms with Crippen LogP contribution in [-0.2, 0) is 6.54 Å². The number of aromatic nitrogens is 6. The first kappa shape index (κ1) is 18.2. The Morgan fingerprint density at radius 2 is 1.77 bits per heavy atom. The molecule has 5 rings (SSSR count). The van der Waals surface area contributed by atoms with Gasteiger partial charge in [-0.3, -0.25) is 4.79 Å². The Kier molecular flexibility index (Phi) is 4.36. The maximum Gasteiger partial charge on any atom is 0.293 e. The van der Waals surface area contributed by atoms with Crippen molar-refractivity contribution in [3.05, 3.63) is 88.0 Å². The highest BCUT2D eigenvalue weighted by Gasteiger charge is 2.14. The molecule has 8 nitrogen and oxygen atoms in total. The van der Waals surface area contributed by atoms with Crippen LogP contribution in [0.3, 0.4) is 0 Å². The van der Waals surface area contributed by atoms with E-state index in [2.05, 4.69) is 20.3 Å². The Morgan fingerprint density at radius 1 is 1.03 bits per heavy atom. The molecule has 0 atom stereocenters. The molecule has 0 bridgehead atoms. The predicted octanol–water partition coefficient (Wildman–Crippen LogP) is 3.45. The fourth-order valence-electron chi connectivity index (χ4n) is 2.98. The van der Waals surface area contributed by atoms with Crippen LogP contribution in [0.15, 0.2) is 70.2 Å². The van der Waals surface area contributed by atoms with Gasteiger partial charge in [0.1, 0.15) is 24.2 Å². The molecular weight excluding hydrogens is 411 g/mol. The highest BCUT2D eigenvalue weighted by atomic mass is 35.5. The zero-order valence-electron chi connectivity index (χ0n) is 15.2. The van der Waals surface area contributed by atoms with Gasteiger partial charge in [0.05, 0.1) is 5.69 Å². The first-order chi connectivity index (χ1) is 14.6. The third-order valence-electron chi connectivity index (χ3n) is 4.49. The number of rotatable bonds is 4. The highest BCUT2D eigenvalue weighted by molar-refractivity contribution is 6.30. The summed E-state index contributed by atoms with van der Waals surface area (Å²) in [5, 5.41) is 13.0. The molecule has 0 saturated carbocycles. The van der Waals surface area contributed by atoms with Crippen molar-refractivity contribution in [1.29, 1.82) is 0 Å². The van der Waals surface area contributed by atoms with Crippen molar-refractivity contribution < 1.29 is 8.91 Å². The van der Waals surface area contributed by atoms with E-state index in [1.807, 2.05) is 0 Å². The molecule has 3 heterocycles. The molecule has 2 aromatic carbocycles. The first-order valence-electron chi connectivity index (χ1n) is 8.87. The van der Waals surface area contributed by atoms with Gasteiger partial charge in [-0.2, -0.15) is 15.2 Å². The Morgan fingerprint density at radius 3 is 2.53 bits per heavy atom. The van der Waals surface area contributed by atoms with E-state index in [0.29, 0.717) is 27.6 Å². The summed E-state index contributed by atoms with van der Waals surface area (Å²) in [5.41, 5.74) is 1.92. The molecule has 30 heavy (non-hydrogen) atoms. The normalized spacial score (nSPS) is 11.3. The molecule has 0 spiro atoms. The Balaban J connectivity index is 1.45. The molecule has 148 valence electrons. The molecule has 0 saturated heterocycles. The smallest absolute Gasteiger partial charge is 0.293 e. The van der Waals surface area contributed by atoms with Crippen LogP contribution in [0.1, 0.15) is 5.89 Å². The van der Waals surface area contributed by atoms with Gasteiger partial charge in [-0.05, 0) is 54.6 Å². The minimum Gasteiger partial charge on any atom is -0.337 e. The van der Waals surface area contributed by atoms with Gasteiger partial charge in [-0.1, -0.05) is 16.8 Å². The van der Waals surface area contributed by atoms with E-state index in [-0.39, 0.29) is 23.8 Å². The molecule has 3 aromatic heterocycles. The van der Waals surface area contributed by atoms with Crippen LogP contribution in [0.5, 0.6) is 0 Å². The van der Waals surface area contributed by atoms with Gasteiger partial charge in [-0.15, -0.1) is 0 Å². The van der Waals surface area contributed by atoms with Crippen molar-refractivity contribution in [3.8, 4) is 22.6 Å². The summed E-state index contributed by atoms with van der Waals surface area (Å²) in [6.07, 6.45) is 1.42. The van der Waals surface area contributed by atoms with Crippen molar-refractivity contribution >= 4 is 17.1 Å². The van der Waals surface area contributed by atoms with Crippen molar-refractivity contribution in [2.24, 2.45) is 0 Å². The summed E-state index contributed by atoms with van der Waals surface area (Å²) in [5.74, 6) is 0.278. The van der Waals surface area contributed by atoms with Crippen LogP contribution in [0.25, 0.3) is 28.2 Å². The van der Waals surface area contributed by atoms with Crippen molar-refractivity contribution in [3.63, 3.8) is 0 Å². The van der Waals surface area contributed by atoms with Crippen LogP contribution >= 0.6 is 11.6 Å². The number of hydrogen-bond donors (Lipinski definition) is 0. The summed E-state index contributed by atoms with van der Waals surface area (Å²) in [6, 6.07) is 14.5. The minimum absolute atomic E-state index is 0.00693. The second-order valence-corrected chi connectivity index (χ2v) is 6.92. The van der Waals surface area contributed by atoms with E-state index >= 15 is 0 Å². The summed E-state index contributed by atoms with van der Waals surface area (Å²) in [4.78, 5) is 17.1. The lowest BCUT2D eigenvalue weighted by atomic mass is 10.1. The molecule has 0 N–H and O–H groups in total. The lowest BCUT2D eigenvalue weighted by Crippen LogP contribution is -2.25. The molecule has 0 aliphatic heterocycles. The van der Waals surface area contributed by atoms with Gasteiger partial charge in [0.25, 0.3) is 5.56 Å². The lowest BCUT2D eigenvalue weighted by Gasteiger charge is -2.00. The van der Waals surface area contributed by atoms with Gasteiger partial charge >= 0.3 is 0 Å². The van der Waals surface area contributed by atoms with E-state index < -0.39 is 0 Å². The van der Waals surface area contributed by atoms with Crippen LogP contribution in [0, 0.1) is 5.82 Å². The van der Waals surface area contributed by atoms with Crippen molar-refractivity contribution in [2.75, 3.05) is 0 Å². The van der Waals surface area contributed by atoms with E-state index in [1.54, 1.807) is 42.5 Å². The van der Waals surface area contributed by atoms with Crippen LogP contribution in [-0.4, -0.2) is 29.5 Å². The number of benzene rings is 2. The van der Waals surface area contributed by atoms with E-state index in [9.17, 15) is 9.18 Å². The lowest BCUT2D eigenvalue weighted by molar-refractivity contribution is 0.362. The standard InChI is InChI=1S/C20H12ClFN6O2/c21-14-5-1-13(2-6-14)19-24-18(30-26-19)10-27-20(29)17-9-16(25-28(17)11-23-27)12-3-7-15(22)8-4-12/h1-9,11H,10H2. The average Bonchev–Trinajstić information content (AvgIpc) is 3.39. The summed E-state index contributed by atoms with van der Waals surface area (Å²) < 4.78 is 21.0. The Labute approximate surface area is 173 Å². The SMILES string of the molecule is O=c1c2cc(-c3ccc(F)cc3)nn2cnn1Cc1nc(-c2ccc(Cl)cc2)no1. The molecule has 5 aromatic rings. The summed E-state index contributed by atoms with van der Waals surface area (Å²) in [7, 11) is 0. The Hall–Kier alpha value is -3.85. The molecule has 0 fully saturated rings. The quantitative estimate of drug-likeness (QED) is 0.440. The average molecular weight is 423 g/mol. The summed E-state index contributed by atoms with van der Waals surface area (Å²) >= 11 is 5.89. The second kappa shape index (κ2) is 7.20. The molecule has 0 amide bonds. The molecular formula is C20H12ClFN6O2. The number of hydrogen-bond acceptors (Lipinski definition) is 6. The topological polar surface area (TPSA) is 91.1 Å². The number of fused-ring (bicyclic) bond motifs is 1. The van der Waals surface area contributed by atoms with E-state index in [4.69, 9.17) is 16.1 Å². The minimum atomic E-state index is -0.371. The van der Waals surface area contributed by atoms with Gasteiger partial charge in [0.2, 0.25) is 11.7 Å². The zero-order valence-corrected chi connectivity index (χ0v) is 16.0. The van der Waals surface area contributed by atoms with Gasteiger partial charge in [0, 0.05) is 16.1 Å². The molecule has 10 heteroatoms. The Bertz CT molecular complexity index is 1410. The third kappa shape index (κ3) is 3.35. The van der Waals surface area contributed by atoms with Gasteiger partial charge in [0.15, 0.2) is 0 Å². The van der Waals surface area contributed by atoms with Crippen LogP contribution in [0.4, 0.5) is 4.39 Å². The molecule has 0 radical (unpaired) electrons.